The molecule has 2 heterocycles. The molecule has 5 rings (SSSR count). The van der Waals surface area contributed by atoms with E-state index >= 15 is 0 Å². The minimum absolute atomic E-state index is 0.0232. The van der Waals surface area contributed by atoms with E-state index in [2.05, 4.69) is 9.97 Å². The van der Waals surface area contributed by atoms with Gasteiger partial charge >= 0.3 is 5.97 Å². The fourth-order valence-electron chi connectivity index (χ4n) is 5.16. The van der Waals surface area contributed by atoms with Crippen LogP contribution in [0.25, 0.3) is 27.7 Å². The lowest BCUT2D eigenvalue weighted by atomic mass is 9.79. The highest BCUT2D eigenvalue weighted by atomic mass is 19.1. The van der Waals surface area contributed by atoms with E-state index in [1.165, 1.54) is 37.7 Å². The topological polar surface area (TPSA) is 97.5 Å². The molecule has 0 aliphatic rings. The third kappa shape index (κ3) is 4.86. The maximum absolute atomic E-state index is 14.8. The van der Waals surface area contributed by atoms with Crippen molar-refractivity contribution in [3.63, 3.8) is 0 Å². The zero-order chi connectivity index (χ0) is 28.6. The van der Waals surface area contributed by atoms with Crippen molar-refractivity contribution in [3.05, 3.63) is 102 Å². The second kappa shape index (κ2) is 10.4. The van der Waals surface area contributed by atoms with Gasteiger partial charge in [0.2, 0.25) is 0 Å². The van der Waals surface area contributed by atoms with Gasteiger partial charge in [0.05, 0.1) is 18.2 Å². The van der Waals surface area contributed by atoms with Gasteiger partial charge in [-0.3, -0.25) is 0 Å². The zero-order valence-corrected chi connectivity index (χ0v) is 22.2. The van der Waals surface area contributed by atoms with Crippen LogP contribution in [0.5, 0.6) is 11.5 Å². The van der Waals surface area contributed by atoms with Crippen LogP contribution in [0.4, 0.5) is 8.78 Å². The number of nitrogens with zero attached hydrogens (tertiary/aromatic N) is 3. The predicted octanol–water partition coefficient (Wildman–Crippen LogP) is 6.69. The monoisotopic (exact) mass is 543 g/mol. The molecule has 0 bridgehead atoms. The highest BCUT2D eigenvalue weighted by molar-refractivity contribution is 6.02. The van der Waals surface area contributed by atoms with Crippen molar-refractivity contribution < 1.29 is 28.5 Å². The zero-order valence-electron chi connectivity index (χ0n) is 22.2. The number of methoxy groups -OCH3 is 1. The third-order valence-electron chi connectivity index (χ3n) is 7.11. The number of ether oxygens (including phenoxy) is 1. The first-order valence-corrected chi connectivity index (χ1v) is 12.6. The van der Waals surface area contributed by atoms with E-state index in [9.17, 15) is 23.8 Å². The number of fused-ring (bicyclic) bond motifs is 1. The third-order valence-corrected chi connectivity index (χ3v) is 7.11. The number of rotatable bonds is 8. The van der Waals surface area contributed by atoms with Crippen molar-refractivity contribution in [2.75, 3.05) is 7.11 Å². The number of phenols is 1. The number of aromatic hydroxyl groups is 1. The minimum atomic E-state index is -1.07. The number of hydrogen-bond donors (Lipinski definition) is 2. The van der Waals surface area contributed by atoms with Crippen LogP contribution in [0.1, 0.15) is 41.9 Å². The summed E-state index contributed by atoms with van der Waals surface area (Å²) in [6, 6.07) is 13.1. The minimum Gasteiger partial charge on any atom is -0.506 e. The quantitative estimate of drug-likeness (QED) is 0.226. The van der Waals surface area contributed by atoms with Crippen LogP contribution in [-0.4, -0.2) is 37.8 Å². The van der Waals surface area contributed by atoms with Crippen molar-refractivity contribution in [1.29, 1.82) is 0 Å². The van der Waals surface area contributed by atoms with Crippen LogP contribution >= 0.6 is 0 Å². The van der Waals surface area contributed by atoms with Gasteiger partial charge in [-0.2, -0.15) is 0 Å². The van der Waals surface area contributed by atoms with Crippen LogP contribution in [0.2, 0.25) is 0 Å². The number of hydrogen-bond acceptors (Lipinski definition) is 5. The summed E-state index contributed by atoms with van der Waals surface area (Å²) in [5, 5.41) is 20.9. The van der Waals surface area contributed by atoms with Gasteiger partial charge in [-0.15, -0.1) is 0 Å². The molecule has 40 heavy (non-hydrogen) atoms. The highest BCUT2D eigenvalue weighted by Crippen LogP contribution is 2.47. The van der Waals surface area contributed by atoms with E-state index in [0.29, 0.717) is 40.6 Å². The van der Waals surface area contributed by atoms with Gasteiger partial charge in [-0.1, -0.05) is 19.9 Å². The smallest absolute Gasteiger partial charge is 0.335 e. The van der Waals surface area contributed by atoms with Gasteiger partial charge in [0, 0.05) is 46.2 Å². The molecule has 2 aromatic heterocycles. The van der Waals surface area contributed by atoms with E-state index in [4.69, 9.17) is 4.74 Å². The summed E-state index contributed by atoms with van der Waals surface area (Å²) in [7, 11) is 1.37. The maximum atomic E-state index is 14.8. The molecule has 0 atom stereocenters. The number of halogens is 2. The van der Waals surface area contributed by atoms with Gasteiger partial charge in [-0.05, 0) is 66.4 Å². The average Bonchev–Trinajstić information content (AvgIpc) is 3.29. The number of aromatic carboxylic acids is 1. The lowest BCUT2D eigenvalue weighted by Crippen LogP contribution is -2.23. The molecule has 2 N–H and O–H groups in total. The van der Waals surface area contributed by atoms with Crippen LogP contribution < -0.4 is 4.74 Å². The van der Waals surface area contributed by atoms with E-state index in [0.717, 1.165) is 17.3 Å². The fourth-order valence-corrected chi connectivity index (χ4v) is 5.16. The predicted molar refractivity (Wildman–Crippen MR) is 147 cm³/mol. The molecule has 0 unspecified atom stereocenters. The second-order valence-electron chi connectivity index (χ2n) is 10.2. The Balaban J connectivity index is 1.85. The van der Waals surface area contributed by atoms with Crippen molar-refractivity contribution >= 4 is 16.9 Å². The Labute approximate surface area is 229 Å². The first-order valence-electron chi connectivity index (χ1n) is 12.6. The van der Waals surface area contributed by atoms with Crippen molar-refractivity contribution in [2.45, 2.75) is 32.1 Å². The summed E-state index contributed by atoms with van der Waals surface area (Å²) < 4.78 is 36.3. The largest absolute Gasteiger partial charge is 0.506 e. The number of phenolic OH excluding ortho intramolecular Hbond substituents is 1. The molecule has 0 amide bonds. The molecule has 5 aromatic rings. The van der Waals surface area contributed by atoms with E-state index in [-0.39, 0.29) is 17.1 Å². The van der Waals surface area contributed by atoms with Crippen LogP contribution in [0, 0.1) is 11.6 Å². The average molecular weight is 544 g/mol. The number of carboxylic acids is 1. The molecular weight excluding hydrogens is 516 g/mol. The Kier molecular flexibility index (Phi) is 6.97. The summed E-state index contributed by atoms with van der Waals surface area (Å²) in [4.78, 5) is 19.7. The van der Waals surface area contributed by atoms with Gasteiger partial charge in [-0.25, -0.2) is 23.5 Å². The SMILES string of the molecule is COc1cc(-c2c(C(C)(C)CCc3cncnc3)n(-c3ccc(C(=O)O)cc3)c3c(O)cc(F)cc23)ccc1F. The number of carboxylic acid groups (broad SMARTS) is 1. The van der Waals surface area contributed by atoms with Gasteiger partial charge in [0.25, 0.3) is 0 Å². The van der Waals surface area contributed by atoms with Crippen LogP contribution in [0.3, 0.4) is 0 Å². The lowest BCUT2D eigenvalue weighted by molar-refractivity contribution is 0.0697. The molecule has 0 aliphatic heterocycles. The Morgan fingerprint density at radius 1 is 1.02 bits per heavy atom. The van der Waals surface area contributed by atoms with E-state index in [1.54, 1.807) is 36.7 Å². The number of aryl methyl sites for hydroxylation is 1. The lowest BCUT2D eigenvalue weighted by Gasteiger charge is -2.29. The van der Waals surface area contributed by atoms with Crippen LogP contribution in [-0.2, 0) is 11.8 Å². The molecule has 3 aromatic carbocycles. The molecule has 204 valence electrons. The standard InChI is InChI=1S/C31H27F2N3O4/c1-31(2,11-10-18-15-34-17-35-16-18)29-27(20-6-9-24(33)26(12-20)40-3)23-13-21(32)14-25(37)28(23)36(29)22-7-4-19(5-8-22)30(38)39/h4-9,12-17,37H,10-11H2,1-3H3,(H,38,39). The van der Waals surface area contributed by atoms with Crippen molar-refractivity contribution in [1.82, 2.24) is 14.5 Å². The number of carbonyl (C=O) groups is 1. The summed E-state index contributed by atoms with van der Waals surface area (Å²) in [6.07, 6.45) is 6.19. The summed E-state index contributed by atoms with van der Waals surface area (Å²) in [5.41, 5.74) is 3.22. The number of aromatic nitrogens is 3. The van der Waals surface area contributed by atoms with E-state index < -0.39 is 23.0 Å². The van der Waals surface area contributed by atoms with Crippen molar-refractivity contribution in [3.8, 4) is 28.3 Å². The number of benzene rings is 3. The fraction of sp³-hybridized carbons (Fsp3) is 0.194. The molecule has 0 spiro atoms. The van der Waals surface area contributed by atoms with Crippen LogP contribution in [0.15, 0.2) is 73.3 Å². The van der Waals surface area contributed by atoms with Gasteiger partial charge in [0.1, 0.15) is 17.9 Å². The molecule has 0 aliphatic carbocycles. The highest BCUT2D eigenvalue weighted by Gasteiger charge is 2.33. The molecular formula is C31H27F2N3O4. The normalized spacial score (nSPS) is 11.6. The Bertz CT molecular complexity index is 1720. The van der Waals surface area contributed by atoms with Gasteiger partial charge in [0.15, 0.2) is 11.6 Å². The van der Waals surface area contributed by atoms with E-state index in [1.807, 2.05) is 18.4 Å². The Morgan fingerprint density at radius 2 is 1.73 bits per heavy atom. The molecule has 0 saturated carbocycles. The van der Waals surface area contributed by atoms with Gasteiger partial charge < -0.3 is 19.5 Å². The summed E-state index contributed by atoms with van der Waals surface area (Å²) in [5.74, 6) is -2.51. The summed E-state index contributed by atoms with van der Waals surface area (Å²) in [6.45, 7) is 4.07. The summed E-state index contributed by atoms with van der Waals surface area (Å²) >= 11 is 0. The van der Waals surface area contributed by atoms with Crippen molar-refractivity contribution in [2.24, 2.45) is 0 Å². The molecule has 0 saturated heterocycles. The molecule has 0 fully saturated rings. The second-order valence-corrected chi connectivity index (χ2v) is 10.2. The molecule has 0 radical (unpaired) electrons. The molecule has 7 nitrogen and oxygen atoms in total. The Morgan fingerprint density at radius 3 is 2.38 bits per heavy atom. The Hall–Kier alpha value is -4.79. The first-order chi connectivity index (χ1) is 19.1. The molecule has 9 heteroatoms. The first kappa shape index (κ1) is 26.8. The maximum Gasteiger partial charge on any atom is 0.335 e.